The number of hydrogen-bond acceptors (Lipinski definition) is 5. The van der Waals surface area contributed by atoms with E-state index in [-0.39, 0.29) is 45.5 Å². The van der Waals surface area contributed by atoms with E-state index >= 15 is 0 Å². The van der Waals surface area contributed by atoms with Gasteiger partial charge in [0.05, 0.1) is 24.9 Å². The Bertz CT molecular complexity index is 1350. The van der Waals surface area contributed by atoms with Crippen LogP contribution in [0.2, 0.25) is 0 Å². The van der Waals surface area contributed by atoms with Crippen molar-refractivity contribution in [3.05, 3.63) is 12.2 Å². The van der Waals surface area contributed by atoms with E-state index in [9.17, 15) is 24.0 Å². The second kappa shape index (κ2) is 12.6. The van der Waals surface area contributed by atoms with E-state index in [2.05, 4.69) is 48.1 Å². The first-order chi connectivity index (χ1) is 22.7. The average molecular weight is 700 g/mol. The first-order valence-corrected chi connectivity index (χ1v) is 20.9. The SMILES string of the molecule is C=C(C)[C@@H]1CC[C@]2(CC(=O)N3CC[S+]([O-])CC3)CC[C@]3(C)[C@H](CC[C@@H]4[C@@]5(C)CC[C@H](OC(=O)CC(C)(C)C(=O)O)C(C)(C)[C@@H]5CC[C@]43C)[C@@H]12. The average Bonchev–Trinajstić information content (AvgIpc) is 3.38. The third kappa shape index (κ3) is 5.83. The minimum atomic E-state index is -1.15. The summed E-state index contributed by atoms with van der Waals surface area (Å²) in [6.45, 7) is 23.6. The number of nitrogens with zero attached hydrogens (tertiary/aromatic N) is 1. The van der Waals surface area contributed by atoms with Crippen LogP contribution in [0.3, 0.4) is 0 Å². The van der Waals surface area contributed by atoms with Crippen molar-refractivity contribution in [2.24, 2.45) is 62.1 Å². The van der Waals surface area contributed by atoms with Crippen molar-refractivity contribution < 1.29 is 28.8 Å². The zero-order chi connectivity index (χ0) is 35.9. The van der Waals surface area contributed by atoms with Crippen molar-refractivity contribution in [1.29, 1.82) is 0 Å². The molecule has 1 amide bonds. The lowest BCUT2D eigenvalue weighted by molar-refractivity contribution is -0.250. The molecule has 5 saturated carbocycles. The van der Waals surface area contributed by atoms with E-state index in [1.54, 1.807) is 13.8 Å². The highest BCUT2D eigenvalue weighted by Crippen LogP contribution is 2.78. The largest absolute Gasteiger partial charge is 0.616 e. The molecule has 276 valence electrons. The number of carbonyl (C=O) groups excluding carboxylic acids is 2. The molecule has 1 N–H and O–H groups in total. The molecule has 0 radical (unpaired) electrons. The van der Waals surface area contributed by atoms with Crippen molar-refractivity contribution in [3.63, 3.8) is 0 Å². The van der Waals surface area contributed by atoms with Gasteiger partial charge in [0.1, 0.15) is 17.6 Å². The number of ether oxygens (including phenoxy) is 1. The summed E-state index contributed by atoms with van der Waals surface area (Å²) >= 11 is -0.792. The predicted molar refractivity (Wildman–Crippen MR) is 194 cm³/mol. The van der Waals surface area contributed by atoms with Crippen molar-refractivity contribution in [3.8, 4) is 0 Å². The summed E-state index contributed by atoms with van der Waals surface area (Å²) in [6.07, 6.45) is 11.4. The molecule has 0 unspecified atom stereocenters. The second-order valence-corrected chi connectivity index (χ2v) is 21.4. The molecule has 1 aliphatic heterocycles. The van der Waals surface area contributed by atoms with Gasteiger partial charge in [0.15, 0.2) is 0 Å². The summed E-state index contributed by atoms with van der Waals surface area (Å²) in [7, 11) is 0. The van der Waals surface area contributed by atoms with Crippen molar-refractivity contribution in [1.82, 2.24) is 4.90 Å². The molecule has 0 aromatic rings. The molecule has 6 aliphatic rings. The molecule has 1 heterocycles. The maximum absolute atomic E-state index is 13.9. The van der Waals surface area contributed by atoms with Crippen LogP contribution in [-0.2, 0) is 30.3 Å². The lowest BCUT2D eigenvalue weighted by atomic mass is 9.32. The van der Waals surface area contributed by atoms with Crippen molar-refractivity contribution in [2.45, 2.75) is 139 Å². The van der Waals surface area contributed by atoms with E-state index in [0.717, 1.165) is 38.5 Å². The highest BCUT2D eigenvalue weighted by molar-refractivity contribution is 7.91. The van der Waals surface area contributed by atoms with Crippen LogP contribution in [0.4, 0.5) is 0 Å². The molecule has 0 aromatic carbocycles. The Morgan fingerprint density at radius 3 is 2.20 bits per heavy atom. The molecule has 49 heavy (non-hydrogen) atoms. The van der Waals surface area contributed by atoms with Crippen LogP contribution in [0.1, 0.15) is 132 Å². The number of amides is 1. The number of aliphatic carboxylic acids is 1. The fourth-order valence-electron chi connectivity index (χ4n) is 13.7. The highest BCUT2D eigenvalue weighted by atomic mass is 32.2. The topological polar surface area (TPSA) is 107 Å². The van der Waals surface area contributed by atoms with Crippen LogP contribution in [0.15, 0.2) is 12.2 Å². The molecule has 0 bridgehead atoms. The lowest BCUT2D eigenvalue weighted by Crippen LogP contribution is -2.67. The Balaban J connectivity index is 1.24. The first kappa shape index (κ1) is 37.2. The number of rotatable bonds is 7. The van der Waals surface area contributed by atoms with Gasteiger partial charge in [-0.25, -0.2) is 0 Å². The fraction of sp³-hybridized carbons (Fsp3) is 0.878. The normalized spacial score (nSPS) is 43.4. The van der Waals surface area contributed by atoms with E-state index in [0.29, 0.717) is 60.6 Å². The minimum absolute atomic E-state index is 0.0326. The van der Waals surface area contributed by atoms with Gasteiger partial charge in [0, 0.05) is 11.8 Å². The van der Waals surface area contributed by atoms with Gasteiger partial charge in [-0.05, 0) is 136 Å². The van der Waals surface area contributed by atoms with E-state index < -0.39 is 28.5 Å². The zero-order valence-corrected chi connectivity index (χ0v) is 32.6. The van der Waals surface area contributed by atoms with E-state index in [1.807, 2.05) is 4.90 Å². The second-order valence-electron chi connectivity index (χ2n) is 19.7. The molecular formula is C41H65NO6S. The molecule has 0 spiro atoms. The summed E-state index contributed by atoms with van der Waals surface area (Å²) < 4.78 is 18.2. The van der Waals surface area contributed by atoms with Gasteiger partial charge in [0.2, 0.25) is 5.91 Å². The molecule has 7 nitrogen and oxygen atoms in total. The van der Waals surface area contributed by atoms with Gasteiger partial charge in [-0.15, -0.1) is 0 Å². The number of hydrogen-bond donors (Lipinski definition) is 1. The standard InChI is InChI=1S/C41H65NO6S/c1-26(2)27-12-17-41(24-32(43)42-20-22-49(47)23-21-42)19-18-39(8)28(34(27)41)10-11-30-38(7)15-14-31(48-33(44)25-36(3,4)35(45)46)37(5,6)29(38)13-16-40(30,39)9/h27-31,34H,1,10-25H2,2-9H3,(H,45,46)/t27-,28+,29-,30+,31-,34+,38-,39+,40+,41+/m0/s1. The summed E-state index contributed by atoms with van der Waals surface area (Å²) in [5.41, 5.74) is 0.475. The number of allylic oxidation sites excluding steroid dienone is 1. The third-order valence-electron chi connectivity index (χ3n) is 16.7. The molecule has 8 heteroatoms. The van der Waals surface area contributed by atoms with Crippen molar-refractivity contribution >= 4 is 29.0 Å². The van der Waals surface area contributed by atoms with Crippen LogP contribution in [0, 0.1) is 62.1 Å². The summed E-state index contributed by atoms with van der Waals surface area (Å²) in [5, 5.41) is 9.59. The third-order valence-corrected chi connectivity index (χ3v) is 17.9. The Hall–Kier alpha value is -1.54. The van der Waals surface area contributed by atoms with Crippen LogP contribution in [0.5, 0.6) is 0 Å². The Labute approximate surface area is 299 Å². The van der Waals surface area contributed by atoms with Gasteiger partial charge < -0.3 is 19.3 Å². The number of esters is 1. The Morgan fingerprint density at radius 2 is 1.57 bits per heavy atom. The van der Waals surface area contributed by atoms with Crippen LogP contribution < -0.4 is 0 Å². The van der Waals surface area contributed by atoms with Crippen LogP contribution >= 0.6 is 0 Å². The van der Waals surface area contributed by atoms with Gasteiger partial charge >= 0.3 is 11.9 Å². The number of carboxylic acids is 1. The minimum Gasteiger partial charge on any atom is -0.616 e. The monoisotopic (exact) mass is 699 g/mol. The van der Waals surface area contributed by atoms with Crippen LogP contribution in [-0.4, -0.2) is 63.1 Å². The molecule has 5 aliphatic carbocycles. The summed E-state index contributed by atoms with van der Waals surface area (Å²) in [6, 6.07) is 0. The van der Waals surface area contributed by atoms with Gasteiger partial charge in [0.25, 0.3) is 0 Å². The molecule has 6 fully saturated rings. The fourth-order valence-corrected chi connectivity index (χ4v) is 14.8. The smallest absolute Gasteiger partial charge is 0.309 e. The number of carbonyl (C=O) groups is 3. The lowest BCUT2D eigenvalue weighted by Gasteiger charge is -2.73. The maximum atomic E-state index is 13.9. The van der Waals surface area contributed by atoms with Crippen LogP contribution in [0.25, 0.3) is 0 Å². The van der Waals surface area contributed by atoms with E-state index in [1.165, 1.54) is 31.3 Å². The van der Waals surface area contributed by atoms with Gasteiger partial charge in [-0.2, -0.15) is 0 Å². The summed E-state index contributed by atoms with van der Waals surface area (Å²) in [4.78, 5) is 40.7. The molecule has 0 aromatic heterocycles. The predicted octanol–water partition coefficient (Wildman–Crippen LogP) is 8.04. The molecule has 6 rings (SSSR count). The summed E-state index contributed by atoms with van der Waals surface area (Å²) in [5.74, 6) is 2.65. The Morgan fingerprint density at radius 1 is 0.898 bits per heavy atom. The number of carboxylic acid groups (broad SMARTS) is 1. The number of fused-ring (bicyclic) bond motifs is 7. The molecule has 1 saturated heterocycles. The quantitative estimate of drug-likeness (QED) is 0.164. The Kier molecular flexibility index (Phi) is 9.54. The first-order valence-electron chi connectivity index (χ1n) is 19.4. The molecular weight excluding hydrogens is 635 g/mol. The van der Waals surface area contributed by atoms with E-state index in [4.69, 9.17) is 4.74 Å². The van der Waals surface area contributed by atoms with Gasteiger partial charge in [-0.1, -0.05) is 57.9 Å². The molecule has 10 atom stereocenters. The zero-order valence-electron chi connectivity index (χ0n) is 31.8. The van der Waals surface area contributed by atoms with Gasteiger partial charge in [-0.3, -0.25) is 14.4 Å². The van der Waals surface area contributed by atoms with Crippen molar-refractivity contribution in [2.75, 3.05) is 24.6 Å². The highest BCUT2D eigenvalue weighted by Gasteiger charge is 2.71. The maximum Gasteiger partial charge on any atom is 0.309 e.